The van der Waals surface area contributed by atoms with Gasteiger partial charge in [-0.2, -0.15) is 0 Å². The fourth-order valence-electron chi connectivity index (χ4n) is 5.34. The number of nitrogens with zero attached hydrogens (tertiary/aromatic N) is 2. The molecule has 1 aromatic carbocycles. The van der Waals surface area contributed by atoms with Crippen LogP contribution in [-0.4, -0.2) is 53.8 Å². The van der Waals surface area contributed by atoms with E-state index in [-0.39, 0.29) is 17.9 Å². The Kier molecular flexibility index (Phi) is 7.86. The van der Waals surface area contributed by atoms with Crippen LogP contribution in [-0.2, 0) is 4.79 Å². The molecular formula is C27H37N3O2S. The molecule has 1 saturated heterocycles. The molecule has 33 heavy (non-hydrogen) atoms. The van der Waals surface area contributed by atoms with Crippen molar-refractivity contribution in [3.63, 3.8) is 0 Å². The van der Waals surface area contributed by atoms with Gasteiger partial charge in [-0.15, -0.1) is 11.3 Å². The molecule has 3 heterocycles. The summed E-state index contributed by atoms with van der Waals surface area (Å²) < 4.78 is 0. The molecule has 4 rings (SSSR count). The molecule has 2 aliphatic rings. The van der Waals surface area contributed by atoms with Gasteiger partial charge in [-0.05, 0) is 61.7 Å². The lowest BCUT2D eigenvalue weighted by Gasteiger charge is -2.42. The number of amides is 2. The number of carbonyl (C=O) groups is 2. The third-order valence-corrected chi connectivity index (χ3v) is 7.92. The second-order valence-electron chi connectivity index (χ2n) is 9.90. The van der Waals surface area contributed by atoms with E-state index < -0.39 is 5.92 Å². The predicted octanol–water partition coefficient (Wildman–Crippen LogP) is 5.07. The molecule has 0 bridgehead atoms. The minimum atomic E-state index is -0.398. The number of hydrogen-bond donors (Lipinski definition) is 1. The first-order valence-corrected chi connectivity index (χ1v) is 13.3. The zero-order valence-electron chi connectivity index (χ0n) is 20.1. The van der Waals surface area contributed by atoms with Gasteiger partial charge in [0.15, 0.2) is 0 Å². The molecule has 178 valence electrons. The van der Waals surface area contributed by atoms with E-state index in [0.717, 1.165) is 30.0 Å². The van der Waals surface area contributed by atoms with Crippen molar-refractivity contribution in [1.82, 2.24) is 15.1 Å². The average molecular weight is 468 g/mol. The van der Waals surface area contributed by atoms with Crippen LogP contribution in [0, 0.1) is 5.92 Å². The normalized spacial score (nSPS) is 23.6. The maximum Gasteiger partial charge on any atom is 0.254 e. The first-order chi connectivity index (χ1) is 16.0. The van der Waals surface area contributed by atoms with Gasteiger partial charge in [0.05, 0.1) is 12.0 Å². The Morgan fingerprint density at radius 3 is 2.73 bits per heavy atom. The van der Waals surface area contributed by atoms with E-state index in [1.807, 2.05) is 40.6 Å². The number of likely N-dealkylation sites (tertiary alicyclic amines) is 1. The highest BCUT2D eigenvalue weighted by atomic mass is 32.1. The lowest BCUT2D eigenvalue weighted by molar-refractivity contribution is -0.124. The summed E-state index contributed by atoms with van der Waals surface area (Å²) in [6, 6.07) is 12.1. The molecule has 3 unspecified atom stereocenters. The summed E-state index contributed by atoms with van der Waals surface area (Å²) in [6.07, 6.45) is 4.82. The fourth-order valence-corrected chi connectivity index (χ4v) is 6.21. The van der Waals surface area contributed by atoms with Crippen LogP contribution in [0.4, 0.5) is 0 Å². The summed E-state index contributed by atoms with van der Waals surface area (Å²) >= 11 is 1.62. The Bertz CT molecular complexity index is 943. The number of nitrogens with one attached hydrogen (secondary N) is 1. The summed E-state index contributed by atoms with van der Waals surface area (Å²) in [5.41, 5.74) is 1.51. The Morgan fingerprint density at radius 2 is 2.00 bits per heavy atom. The average Bonchev–Trinajstić information content (AvgIpc) is 3.33. The first kappa shape index (κ1) is 24.0. The predicted molar refractivity (Wildman–Crippen MR) is 135 cm³/mol. The van der Waals surface area contributed by atoms with Crippen LogP contribution in [0.3, 0.4) is 0 Å². The van der Waals surface area contributed by atoms with Crippen LogP contribution >= 0.6 is 11.3 Å². The number of rotatable bonds is 8. The summed E-state index contributed by atoms with van der Waals surface area (Å²) in [7, 11) is 0. The molecule has 1 aromatic heterocycles. The molecule has 2 amide bonds. The fraction of sp³-hybridized carbons (Fsp3) is 0.556. The van der Waals surface area contributed by atoms with E-state index in [0.29, 0.717) is 30.6 Å². The van der Waals surface area contributed by atoms with Crippen LogP contribution in [0.2, 0.25) is 0 Å². The van der Waals surface area contributed by atoms with Crippen molar-refractivity contribution in [2.45, 2.75) is 64.5 Å². The van der Waals surface area contributed by atoms with E-state index in [1.165, 1.54) is 19.3 Å². The standard InChI is InChI=1S/C27H37N3O2S/c1-19(2)18-30-25(23-13-8-17-33-23)24(21-11-4-5-12-22(21)27(30)32)26(31)28-14-9-16-29-15-7-6-10-20(29)3/h4-5,8,11-13,17,19-20,24-25H,6-7,9-10,14-16,18H2,1-3H3,(H,28,31). The first-order valence-electron chi connectivity index (χ1n) is 12.4. The molecule has 2 aromatic rings. The third-order valence-electron chi connectivity index (χ3n) is 6.98. The van der Waals surface area contributed by atoms with Gasteiger partial charge in [-0.25, -0.2) is 0 Å². The van der Waals surface area contributed by atoms with Crippen molar-refractivity contribution < 1.29 is 9.59 Å². The van der Waals surface area contributed by atoms with Gasteiger partial charge in [0.25, 0.3) is 5.91 Å². The molecule has 0 aliphatic carbocycles. The molecule has 1 fully saturated rings. The van der Waals surface area contributed by atoms with Crippen LogP contribution in [0.25, 0.3) is 0 Å². The highest BCUT2D eigenvalue weighted by Crippen LogP contribution is 2.44. The van der Waals surface area contributed by atoms with Crippen LogP contribution in [0.1, 0.15) is 79.2 Å². The van der Waals surface area contributed by atoms with Crippen molar-refractivity contribution >= 4 is 23.2 Å². The number of carbonyl (C=O) groups excluding carboxylic acids is 2. The maximum atomic E-state index is 13.7. The van der Waals surface area contributed by atoms with E-state index in [1.54, 1.807) is 11.3 Å². The largest absolute Gasteiger partial charge is 0.355 e. The Labute approximate surface area is 202 Å². The van der Waals surface area contributed by atoms with Crippen molar-refractivity contribution in [1.29, 1.82) is 0 Å². The second kappa shape index (κ2) is 10.8. The Balaban J connectivity index is 1.54. The van der Waals surface area contributed by atoms with Crippen LogP contribution in [0.5, 0.6) is 0 Å². The van der Waals surface area contributed by atoms with Gasteiger partial charge in [-0.1, -0.05) is 44.5 Å². The van der Waals surface area contributed by atoms with Gasteiger partial charge in [0, 0.05) is 36.1 Å². The molecular weight excluding hydrogens is 430 g/mol. The van der Waals surface area contributed by atoms with E-state index >= 15 is 0 Å². The zero-order valence-corrected chi connectivity index (χ0v) is 20.9. The molecule has 6 heteroatoms. The minimum absolute atomic E-state index is 0.0220. The smallest absolute Gasteiger partial charge is 0.254 e. The summed E-state index contributed by atoms with van der Waals surface area (Å²) in [6.45, 7) is 10.0. The van der Waals surface area contributed by atoms with Crippen LogP contribution < -0.4 is 5.32 Å². The number of benzene rings is 1. The number of piperidine rings is 1. The lowest BCUT2D eigenvalue weighted by atomic mass is 9.81. The Hall–Kier alpha value is -2.18. The minimum Gasteiger partial charge on any atom is -0.355 e. The van der Waals surface area contributed by atoms with Gasteiger partial charge < -0.3 is 15.1 Å². The van der Waals surface area contributed by atoms with Gasteiger partial charge >= 0.3 is 0 Å². The molecule has 1 N–H and O–H groups in total. The van der Waals surface area contributed by atoms with Crippen molar-refractivity contribution in [3.05, 3.63) is 57.8 Å². The molecule has 0 radical (unpaired) electrons. The van der Waals surface area contributed by atoms with E-state index in [4.69, 9.17) is 0 Å². The summed E-state index contributed by atoms with van der Waals surface area (Å²) in [5, 5.41) is 5.26. The topological polar surface area (TPSA) is 52.7 Å². The van der Waals surface area contributed by atoms with Crippen LogP contribution in [0.15, 0.2) is 41.8 Å². The monoisotopic (exact) mass is 467 g/mol. The number of hydrogen-bond acceptors (Lipinski definition) is 4. The van der Waals surface area contributed by atoms with Crippen molar-refractivity contribution in [2.75, 3.05) is 26.2 Å². The van der Waals surface area contributed by atoms with E-state index in [2.05, 4.69) is 37.1 Å². The van der Waals surface area contributed by atoms with Gasteiger partial charge in [0.1, 0.15) is 0 Å². The van der Waals surface area contributed by atoms with E-state index in [9.17, 15) is 9.59 Å². The molecule has 2 aliphatic heterocycles. The molecule has 5 nitrogen and oxygen atoms in total. The third kappa shape index (κ3) is 5.33. The quantitative estimate of drug-likeness (QED) is 0.552. The van der Waals surface area contributed by atoms with Crippen molar-refractivity contribution in [3.8, 4) is 0 Å². The number of fused-ring (bicyclic) bond motifs is 1. The Morgan fingerprint density at radius 1 is 1.18 bits per heavy atom. The number of thiophene rings is 1. The van der Waals surface area contributed by atoms with Gasteiger partial charge in [0.2, 0.25) is 5.91 Å². The second-order valence-corrected chi connectivity index (χ2v) is 10.9. The molecule has 0 saturated carbocycles. The summed E-state index contributed by atoms with van der Waals surface area (Å²) in [4.78, 5) is 32.7. The maximum absolute atomic E-state index is 13.7. The molecule has 3 atom stereocenters. The highest BCUT2D eigenvalue weighted by Gasteiger charge is 2.44. The SMILES string of the molecule is CC(C)CN1C(=O)c2ccccc2C(C(=O)NCCCN2CCCCC2C)C1c1cccs1. The molecule has 0 spiro atoms. The van der Waals surface area contributed by atoms with Gasteiger partial charge in [-0.3, -0.25) is 9.59 Å². The zero-order chi connectivity index (χ0) is 23.4. The van der Waals surface area contributed by atoms with Crippen molar-refractivity contribution in [2.24, 2.45) is 5.92 Å². The highest BCUT2D eigenvalue weighted by molar-refractivity contribution is 7.10. The summed E-state index contributed by atoms with van der Waals surface area (Å²) in [5.74, 6) is -0.0308. The lowest BCUT2D eigenvalue weighted by Crippen LogP contribution is -2.48.